The van der Waals surface area contributed by atoms with Crippen LogP contribution in [0.4, 0.5) is 9.59 Å². The molecule has 0 bridgehead atoms. The van der Waals surface area contributed by atoms with Crippen molar-refractivity contribution in [3.05, 3.63) is 162 Å². The third-order valence-electron chi connectivity index (χ3n) is 14.4. The normalized spacial score (nSPS) is 13.3. The molecule has 3 amide bonds. The van der Waals surface area contributed by atoms with Gasteiger partial charge in [-0.1, -0.05) is 133 Å². The third kappa shape index (κ3) is 19.6. The van der Waals surface area contributed by atoms with Crippen LogP contribution in [0.25, 0.3) is 33.0 Å². The first kappa shape index (κ1) is 66.7. The fraction of sp³-hybridized carbons (Fsp3) is 0.328. The number of aliphatic carboxylic acids is 2. The number of methoxy groups -OCH3 is 1. The van der Waals surface area contributed by atoms with Gasteiger partial charge in [-0.15, -0.1) is 0 Å². The summed E-state index contributed by atoms with van der Waals surface area (Å²) in [7, 11) is 5.98. The number of nitrogens with one attached hydrogen (secondary N) is 6. The molecule has 14 N–H and O–H groups in total. The van der Waals surface area contributed by atoms with Gasteiger partial charge in [-0.05, 0) is 94.5 Å². The first-order chi connectivity index (χ1) is 42.6. The minimum absolute atomic E-state index is 0.0461. The molecule has 0 heterocycles. The summed E-state index contributed by atoms with van der Waals surface area (Å²) in [6.07, 6.45) is 1.07. The first-order valence-corrected chi connectivity index (χ1v) is 28.6. The van der Waals surface area contributed by atoms with Crippen LogP contribution in [-0.4, -0.2) is 150 Å². The van der Waals surface area contributed by atoms with Gasteiger partial charge in [-0.25, -0.2) is 24.0 Å². The highest BCUT2D eigenvalue weighted by Gasteiger charge is 2.32. The van der Waals surface area contributed by atoms with Crippen LogP contribution < -0.4 is 53.8 Å². The Bertz CT molecular complexity index is 3340. The van der Waals surface area contributed by atoms with Crippen LogP contribution >= 0.6 is 0 Å². The number of amides is 3. The lowest BCUT2D eigenvalue weighted by Gasteiger charge is -2.18. The van der Waals surface area contributed by atoms with E-state index < -0.39 is 54.1 Å². The molecule has 3 atom stereocenters. The van der Waals surface area contributed by atoms with Gasteiger partial charge in [0.15, 0.2) is 24.5 Å². The molecule has 0 aliphatic heterocycles. The number of benzene rings is 6. The Kier molecular flexibility index (Phi) is 26.2. The first-order valence-electron chi connectivity index (χ1n) is 28.6. The summed E-state index contributed by atoms with van der Waals surface area (Å²) in [5.74, 6) is -1.87. The quantitative estimate of drug-likeness (QED) is 0.0106. The lowest BCUT2D eigenvalue weighted by Crippen LogP contribution is -2.43. The summed E-state index contributed by atoms with van der Waals surface area (Å²) in [4.78, 5) is 83.0. The van der Waals surface area contributed by atoms with Crippen LogP contribution in [0.15, 0.2) is 155 Å². The van der Waals surface area contributed by atoms with E-state index >= 15 is 0 Å². The molecule has 24 heteroatoms. The molecule has 6 aromatic rings. The van der Waals surface area contributed by atoms with Crippen LogP contribution in [0, 0.1) is 0 Å². The Hall–Kier alpha value is -10.4. The molecule has 0 fully saturated rings. The van der Waals surface area contributed by atoms with Crippen molar-refractivity contribution in [3.63, 3.8) is 0 Å². The molecule has 0 aromatic heterocycles. The van der Waals surface area contributed by atoms with Crippen LogP contribution in [0.3, 0.4) is 0 Å². The van der Waals surface area contributed by atoms with Crippen molar-refractivity contribution in [2.45, 2.75) is 68.5 Å². The number of ether oxygens (including phenoxy) is 4. The van der Waals surface area contributed by atoms with Crippen LogP contribution in [-0.2, 0) is 33.4 Å². The number of carboxylic acid groups (broad SMARTS) is 2. The van der Waals surface area contributed by atoms with E-state index in [1.54, 1.807) is 27.2 Å². The molecule has 2 aliphatic carbocycles. The number of carboxylic acids is 2. The number of carbonyl (C=O) groups is 6. The van der Waals surface area contributed by atoms with Crippen molar-refractivity contribution >= 4 is 64.7 Å². The van der Waals surface area contributed by atoms with Gasteiger partial charge in [0.1, 0.15) is 37.1 Å². The Labute approximate surface area is 510 Å². The van der Waals surface area contributed by atoms with Gasteiger partial charge in [0.05, 0.1) is 7.11 Å². The van der Waals surface area contributed by atoms with E-state index in [0.717, 1.165) is 55.3 Å². The minimum Gasteiger partial charge on any atom is -0.483 e. The highest BCUT2D eigenvalue weighted by molar-refractivity contribution is 5.90. The molecular formula is C64H78N12O12. The number of alkyl carbamates (subject to hydrolysis) is 2. The Balaban J connectivity index is 0.000000211. The van der Waals surface area contributed by atoms with E-state index in [0.29, 0.717) is 57.0 Å². The standard InChI is InChI=1S/C23H28N4O4.C22H26N4O4.C19H24N4O4/c1-25-22(24)26-13-7-12-20(21(28)30-2)27-23(29)31-14-19-17-10-5-3-8-15(17)16-9-4-6-11-18(16)19;1-24-21(23)25-12-6-11-19(20(27)28)26-22(29)30-13-18-16-9-4-2-7-14(16)15-8-3-5-10-17(15)18;1-21-19(20)22-11-5-9-15(18(25)26)23-17(24)12-27-16-10-4-7-13-6-2-3-8-14(13)16/h3-6,8-11,19-20H,7,12-14H2,1-2H3,(H,27,29)(H3,24,25,26);2-5,7-10,18-19H,6,11-13H2,1H3,(H,26,29)(H,27,28)(H3,23,24,25);2-4,6-8,10,15H,5,9,11-12H2,1H3,(H,23,24)(H,25,26)(H3,20,21,22)/t20-;19-;15-/m000/s1. The number of esters is 1. The highest BCUT2D eigenvalue weighted by Crippen LogP contribution is 2.45. The fourth-order valence-corrected chi connectivity index (χ4v) is 9.98. The summed E-state index contributed by atoms with van der Waals surface area (Å²) in [5.41, 5.74) is 25.6. The average molecular weight is 1210 g/mol. The molecule has 24 nitrogen and oxygen atoms in total. The molecule has 0 saturated heterocycles. The summed E-state index contributed by atoms with van der Waals surface area (Å²) in [6.45, 7) is 1.50. The van der Waals surface area contributed by atoms with Crippen molar-refractivity contribution in [2.24, 2.45) is 32.2 Å². The zero-order valence-corrected chi connectivity index (χ0v) is 49.7. The van der Waals surface area contributed by atoms with Gasteiger partial charge in [0.2, 0.25) is 0 Å². The maximum Gasteiger partial charge on any atom is 0.407 e. The van der Waals surface area contributed by atoms with Crippen LogP contribution in [0.2, 0.25) is 0 Å². The molecular weight excluding hydrogens is 1130 g/mol. The molecule has 0 radical (unpaired) electrons. The second kappa shape index (κ2) is 34.5. The highest BCUT2D eigenvalue weighted by atomic mass is 16.6. The maximum atomic E-state index is 12.4. The van der Waals surface area contributed by atoms with Crippen molar-refractivity contribution in [1.82, 2.24) is 31.9 Å². The van der Waals surface area contributed by atoms with Gasteiger partial charge in [-0.2, -0.15) is 0 Å². The molecule has 0 spiro atoms. The number of hydrogen-bond donors (Lipinski definition) is 11. The monoisotopic (exact) mass is 1210 g/mol. The number of guanidine groups is 3. The summed E-state index contributed by atoms with van der Waals surface area (Å²) in [5, 5.41) is 36.7. The van der Waals surface area contributed by atoms with Crippen LogP contribution in [0.5, 0.6) is 5.75 Å². The van der Waals surface area contributed by atoms with Gasteiger partial charge >= 0.3 is 30.1 Å². The van der Waals surface area contributed by atoms with Crippen molar-refractivity contribution < 1.29 is 57.9 Å². The lowest BCUT2D eigenvalue weighted by molar-refractivity contribution is -0.143. The minimum atomic E-state index is -1.11. The Morgan fingerprint density at radius 2 is 0.852 bits per heavy atom. The van der Waals surface area contributed by atoms with Gasteiger partial charge in [-0.3, -0.25) is 19.8 Å². The summed E-state index contributed by atoms with van der Waals surface area (Å²) < 4.78 is 21.3. The van der Waals surface area contributed by atoms with E-state index in [-0.39, 0.29) is 56.4 Å². The number of rotatable bonds is 25. The largest absolute Gasteiger partial charge is 0.483 e. The number of nitrogens with zero attached hydrogens (tertiary/aromatic N) is 3. The predicted octanol–water partition coefficient (Wildman–Crippen LogP) is 5.78. The maximum absolute atomic E-state index is 12.4. The van der Waals surface area contributed by atoms with Gasteiger partial charge in [0.25, 0.3) is 5.91 Å². The van der Waals surface area contributed by atoms with Gasteiger partial charge in [0, 0.05) is 58.0 Å². The topological polar surface area (TPSA) is 367 Å². The van der Waals surface area contributed by atoms with Gasteiger partial charge < -0.3 is 78.3 Å². The van der Waals surface area contributed by atoms with Crippen molar-refractivity contribution in [2.75, 3.05) is 67.7 Å². The molecule has 2 aliphatic rings. The van der Waals surface area contributed by atoms with Crippen LogP contribution in [0.1, 0.15) is 72.6 Å². The predicted molar refractivity (Wildman–Crippen MR) is 337 cm³/mol. The van der Waals surface area contributed by atoms with E-state index in [1.165, 1.54) is 7.11 Å². The number of carbonyl (C=O) groups excluding carboxylic acids is 4. The van der Waals surface area contributed by atoms with Crippen molar-refractivity contribution in [1.29, 1.82) is 0 Å². The molecule has 466 valence electrons. The Morgan fingerprint density at radius 3 is 1.26 bits per heavy atom. The Morgan fingerprint density at radius 1 is 0.489 bits per heavy atom. The number of hydrogen-bond acceptors (Lipinski definition) is 13. The fourth-order valence-electron chi connectivity index (χ4n) is 9.98. The second-order valence-electron chi connectivity index (χ2n) is 20.2. The zero-order chi connectivity index (χ0) is 63.4. The molecule has 88 heavy (non-hydrogen) atoms. The molecule has 0 unspecified atom stereocenters. The zero-order valence-electron chi connectivity index (χ0n) is 49.7. The SMILES string of the molecule is CN=C(N)NCCC[C@H](NC(=O)COc1cccc2ccccc12)C(=O)O.CN=C(N)NCCC[C@H](NC(=O)OCC1c2ccccc2-c2ccccc21)C(=O)O.CN=C(N)NCCC[C@H](NC(=O)OCC1c2ccccc2-c2ccccc21)C(=O)OC. The van der Waals surface area contributed by atoms with E-state index in [4.69, 9.17) is 36.1 Å². The average Bonchev–Trinajstić information content (AvgIpc) is 2.24. The summed E-state index contributed by atoms with van der Waals surface area (Å²) in [6, 6.07) is 42.7. The third-order valence-corrected chi connectivity index (χ3v) is 14.4. The van der Waals surface area contributed by atoms with E-state index in [1.807, 2.05) is 97.1 Å². The molecule has 6 aromatic carbocycles. The number of aliphatic imine (C=N–C) groups is 3. The molecule has 0 saturated carbocycles. The van der Waals surface area contributed by atoms with E-state index in [2.05, 4.69) is 83.3 Å². The second-order valence-corrected chi connectivity index (χ2v) is 20.2. The summed E-state index contributed by atoms with van der Waals surface area (Å²) >= 11 is 0. The lowest BCUT2D eigenvalue weighted by atomic mass is 9.98. The number of fused-ring (bicyclic) bond motifs is 7. The smallest absolute Gasteiger partial charge is 0.407 e. The number of nitrogens with two attached hydrogens (primary N) is 3. The molecule has 8 rings (SSSR count). The van der Waals surface area contributed by atoms with Crippen molar-refractivity contribution in [3.8, 4) is 28.0 Å². The van der Waals surface area contributed by atoms with E-state index in [9.17, 15) is 39.0 Å².